The van der Waals surface area contributed by atoms with Crippen molar-refractivity contribution >= 4 is 11.7 Å². The molecule has 0 saturated heterocycles. The molecule has 0 amide bonds. The quantitative estimate of drug-likeness (QED) is 0.800. The highest BCUT2D eigenvalue weighted by atomic mass is 19.1. The third-order valence-electron chi connectivity index (χ3n) is 2.30. The Morgan fingerprint density at radius 1 is 1.56 bits per heavy atom. The number of hydrogen-bond acceptors (Lipinski definition) is 3. The van der Waals surface area contributed by atoms with E-state index in [1.165, 1.54) is 19.2 Å². The van der Waals surface area contributed by atoms with Crippen LogP contribution < -0.4 is 5.32 Å². The molecule has 0 aliphatic rings. The fourth-order valence-electron chi connectivity index (χ4n) is 1.40. The molecule has 0 fully saturated rings. The molecule has 0 heterocycles. The van der Waals surface area contributed by atoms with Gasteiger partial charge in [0, 0.05) is 11.7 Å². The SMILES string of the molecule is COC(=O)CC(C)Nc1cc(F)ccc1C. The highest BCUT2D eigenvalue weighted by Gasteiger charge is 2.10. The fourth-order valence-corrected chi connectivity index (χ4v) is 1.40. The Bertz CT molecular complexity index is 379. The molecule has 1 atom stereocenters. The molecule has 1 N–H and O–H groups in total. The maximum absolute atomic E-state index is 13.0. The van der Waals surface area contributed by atoms with Gasteiger partial charge in [-0.1, -0.05) is 6.07 Å². The summed E-state index contributed by atoms with van der Waals surface area (Å²) in [7, 11) is 1.35. The topological polar surface area (TPSA) is 38.3 Å². The number of aryl methyl sites for hydroxylation is 1. The zero-order valence-corrected chi connectivity index (χ0v) is 9.71. The lowest BCUT2D eigenvalue weighted by atomic mass is 10.1. The van der Waals surface area contributed by atoms with Gasteiger partial charge in [0.05, 0.1) is 13.5 Å². The van der Waals surface area contributed by atoms with Gasteiger partial charge in [0.1, 0.15) is 5.82 Å². The Labute approximate surface area is 94.6 Å². The molecule has 1 aromatic carbocycles. The summed E-state index contributed by atoms with van der Waals surface area (Å²) >= 11 is 0. The van der Waals surface area contributed by atoms with Crippen molar-refractivity contribution in [3.63, 3.8) is 0 Å². The Balaban J connectivity index is 2.65. The molecule has 4 heteroatoms. The summed E-state index contributed by atoms with van der Waals surface area (Å²) in [4.78, 5) is 11.0. The van der Waals surface area contributed by atoms with Gasteiger partial charge in [-0.05, 0) is 31.5 Å². The second-order valence-electron chi connectivity index (χ2n) is 3.78. The van der Waals surface area contributed by atoms with Gasteiger partial charge in [-0.25, -0.2) is 4.39 Å². The van der Waals surface area contributed by atoms with Crippen molar-refractivity contribution in [1.29, 1.82) is 0 Å². The van der Waals surface area contributed by atoms with E-state index < -0.39 is 0 Å². The first-order chi connectivity index (χ1) is 7.52. The summed E-state index contributed by atoms with van der Waals surface area (Å²) < 4.78 is 17.6. The number of nitrogens with one attached hydrogen (secondary N) is 1. The minimum atomic E-state index is -0.293. The monoisotopic (exact) mass is 225 g/mol. The molecular weight excluding hydrogens is 209 g/mol. The lowest BCUT2D eigenvalue weighted by Crippen LogP contribution is -2.20. The predicted molar refractivity (Wildman–Crippen MR) is 60.9 cm³/mol. The molecule has 88 valence electrons. The van der Waals surface area contributed by atoms with Crippen molar-refractivity contribution in [2.45, 2.75) is 26.3 Å². The third kappa shape index (κ3) is 3.53. The van der Waals surface area contributed by atoms with Crippen molar-refractivity contribution < 1.29 is 13.9 Å². The van der Waals surface area contributed by atoms with Crippen LogP contribution in [0.3, 0.4) is 0 Å². The number of benzene rings is 1. The summed E-state index contributed by atoms with van der Waals surface area (Å²) in [5.41, 5.74) is 1.65. The standard InChI is InChI=1S/C12H16FNO2/c1-8-4-5-10(13)7-11(8)14-9(2)6-12(15)16-3/h4-5,7,9,14H,6H2,1-3H3. The number of rotatable bonds is 4. The molecule has 0 radical (unpaired) electrons. The van der Waals surface area contributed by atoms with Crippen molar-refractivity contribution in [2.24, 2.45) is 0 Å². The second-order valence-corrected chi connectivity index (χ2v) is 3.78. The van der Waals surface area contributed by atoms with E-state index >= 15 is 0 Å². The van der Waals surface area contributed by atoms with Gasteiger partial charge < -0.3 is 10.1 Å². The van der Waals surface area contributed by atoms with Crippen molar-refractivity contribution in [2.75, 3.05) is 12.4 Å². The third-order valence-corrected chi connectivity index (χ3v) is 2.30. The minimum absolute atomic E-state index is 0.0899. The highest BCUT2D eigenvalue weighted by Crippen LogP contribution is 2.17. The summed E-state index contributed by atoms with van der Waals surface area (Å²) in [6.07, 6.45) is 0.256. The van der Waals surface area contributed by atoms with E-state index in [1.54, 1.807) is 6.07 Å². The molecule has 0 saturated carbocycles. The summed E-state index contributed by atoms with van der Waals surface area (Å²) in [5.74, 6) is -0.576. The summed E-state index contributed by atoms with van der Waals surface area (Å²) in [5, 5.41) is 3.08. The number of methoxy groups -OCH3 is 1. The lowest BCUT2D eigenvalue weighted by molar-refractivity contribution is -0.140. The fraction of sp³-hybridized carbons (Fsp3) is 0.417. The smallest absolute Gasteiger partial charge is 0.307 e. The average molecular weight is 225 g/mol. The van der Waals surface area contributed by atoms with Crippen molar-refractivity contribution in [3.8, 4) is 0 Å². The molecule has 16 heavy (non-hydrogen) atoms. The first kappa shape index (κ1) is 12.5. The first-order valence-electron chi connectivity index (χ1n) is 5.12. The van der Waals surface area contributed by atoms with Crippen LogP contribution in [-0.2, 0) is 9.53 Å². The number of anilines is 1. The van der Waals surface area contributed by atoms with Crippen LogP contribution in [0, 0.1) is 12.7 Å². The number of halogens is 1. The van der Waals surface area contributed by atoms with Crippen LogP contribution in [-0.4, -0.2) is 19.1 Å². The van der Waals surface area contributed by atoms with E-state index in [1.807, 2.05) is 13.8 Å². The van der Waals surface area contributed by atoms with E-state index in [4.69, 9.17) is 0 Å². The van der Waals surface area contributed by atoms with E-state index in [9.17, 15) is 9.18 Å². The van der Waals surface area contributed by atoms with E-state index in [2.05, 4.69) is 10.1 Å². The molecule has 1 aromatic rings. The average Bonchev–Trinajstić information content (AvgIpc) is 2.23. The number of hydrogen-bond donors (Lipinski definition) is 1. The molecule has 0 spiro atoms. The Morgan fingerprint density at radius 2 is 2.25 bits per heavy atom. The lowest BCUT2D eigenvalue weighted by Gasteiger charge is -2.15. The largest absolute Gasteiger partial charge is 0.469 e. The number of esters is 1. The Morgan fingerprint density at radius 3 is 2.88 bits per heavy atom. The number of ether oxygens (including phenoxy) is 1. The minimum Gasteiger partial charge on any atom is -0.469 e. The summed E-state index contributed by atoms with van der Waals surface area (Å²) in [6, 6.07) is 4.44. The van der Waals surface area contributed by atoms with Gasteiger partial charge in [-0.15, -0.1) is 0 Å². The van der Waals surface area contributed by atoms with Gasteiger partial charge in [-0.3, -0.25) is 4.79 Å². The van der Waals surface area contributed by atoms with Crippen molar-refractivity contribution in [1.82, 2.24) is 0 Å². The van der Waals surface area contributed by atoms with Crippen molar-refractivity contribution in [3.05, 3.63) is 29.6 Å². The zero-order chi connectivity index (χ0) is 12.1. The molecule has 1 unspecified atom stereocenters. The van der Waals surface area contributed by atoms with Gasteiger partial charge in [-0.2, -0.15) is 0 Å². The van der Waals surface area contributed by atoms with Gasteiger partial charge >= 0.3 is 5.97 Å². The molecule has 0 aromatic heterocycles. The maximum Gasteiger partial charge on any atom is 0.307 e. The Hall–Kier alpha value is -1.58. The van der Waals surface area contributed by atoms with Crippen LogP contribution in [0.15, 0.2) is 18.2 Å². The molecule has 0 aliphatic heterocycles. The molecule has 0 aliphatic carbocycles. The highest BCUT2D eigenvalue weighted by molar-refractivity contribution is 5.70. The predicted octanol–water partition coefficient (Wildman–Crippen LogP) is 2.50. The molecular formula is C12H16FNO2. The molecule has 3 nitrogen and oxygen atoms in total. The van der Waals surface area contributed by atoms with E-state index in [0.29, 0.717) is 5.69 Å². The molecule has 0 bridgehead atoms. The normalized spacial score (nSPS) is 12.0. The van der Waals surface area contributed by atoms with Gasteiger partial charge in [0.15, 0.2) is 0 Å². The first-order valence-corrected chi connectivity index (χ1v) is 5.12. The maximum atomic E-state index is 13.0. The van der Waals surface area contributed by atoms with Gasteiger partial charge in [0.2, 0.25) is 0 Å². The van der Waals surface area contributed by atoms with E-state index in [0.717, 1.165) is 5.56 Å². The van der Waals surface area contributed by atoms with Crippen LogP contribution in [0.25, 0.3) is 0 Å². The number of carbonyl (C=O) groups is 1. The summed E-state index contributed by atoms with van der Waals surface area (Å²) in [6.45, 7) is 3.73. The van der Waals surface area contributed by atoms with E-state index in [-0.39, 0.29) is 24.2 Å². The number of carbonyl (C=O) groups excluding carboxylic acids is 1. The Kier molecular flexibility index (Phi) is 4.28. The van der Waals surface area contributed by atoms with Crippen LogP contribution >= 0.6 is 0 Å². The zero-order valence-electron chi connectivity index (χ0n) is 9.71. The van der Waals surface area contributed by atoms with Crippen LogP contribution in [0.1, 0.15) is 18.9 Å². The van der Waals surface area contributed by atoms with Crippen LogP contribution in [0.4, 0.5) is 10.1 Å². The molecule has 1 rings (SSSR count). The second kappa shape index (κ2) is 5.49. The van der Waals surface area contributed by atoms with Crippen LogP contribution in [0.5, 0.6) is 0 Å². The van der Waals surface area contributed by atoms with Crippen LogP contribution in [0.2, 0.25) is 0 Å². The van der Waals surface area contributed by atoms with Gasteiger partial charge in [0.25, 0.3) is 0 Å².